The van der Waals surface area contributed by atoms with Gasteiger partial charge in [0.2, 0.25) is 0 Å². The van der Waals surface area contributed by atoms with Gasteiger partial charge in [-0.15, -0.1) is 0 Å². The van der Waals surface area contributed by atoms with Crippen molar-refractivity contribution in [3.63, 3.8) is 0 Å². The molecule has 0 bridgehead atoms. The molecule has 3 rings (SSSR count). The Morgan fingerprint density at radius 1 is 1.26 bits per heavy atom. The lowest BCUT2D eigenvalue weighted by atomic mass is 10.2. The lowest BCUT2D eigenvalue weighted by Gasteiger charge is -2.20. The molecule has 4 nitrogen and oxygen atoms in total. The molecule has 6 heteroatoms. The van der Waals surface area contributed by atoms with Gasteiger partial charge in [0.1, 0.15) is 4.90 Å². The van der Waals surface area contributed by atoms with Crippen LogP contribution in [0.3, 0.4) is 0 Å². The molecule has 0 aliphatic carbocycles. The Labute approximate surface area is 145 Å². The number of rotatable bonds is 4. The zero-order valence-electron chi connectivity index (χ0n) is 12.7. The Kier molecular flexibility index (Phi) is 4.21. The number of hydrogen-bond acceptors (Lipinski definition) is 3. The van der Waals surface area contributed by atoms with Crippen LogP contribution in [0.2, 0.25) is 0 Å². The van der Waals surface area contributed by atoms with Gasteiger partial charge in [0.05, 0.1) is 0 Å². The second kappa shape index (κ2) is 6.02. The minimum Gasteiger partial charge on any atom is -0.345 e. The van der Waals surface area contributed by atoms with Crippen LogP contribution >= 0.6 is 15.9 Å². The Morgan fingerprint density at radius 3 is 2.61 bits per heavy atom. The number of para-hydroxylation sites is 1. The van der Waals surface area contributed by atoms with Crippen molar-refractivity contribution in [3.8, 4) is 0 Å². The third-order valence-corrected chi connectivity index (χ3v) is 6.14. The van der Waals surface area contributed by atoms with Crippen molar-refractivity contribution in [2.75, 3.05) is 16.2 Å². The van der Waals surface area contributed by atoms with E-state index in [0.717, 1.165) is 29.9 Å². The molecule has 0 atom stereocenters. The highest BCUT2D eigenvalue weighted by Gasteiger charge is 2.26. The summed E-state index contributed by atoms with van der Waals surface area (Å²) in [6.45, 7) is 6.72. The first-order valence-corrected chi connectivity index (χ1v) is 9.49. The molecule has 0 radical (unpaired) electrons. The van der Waals surface area contributed by atoms with Crippen LogP contribution in [0.4, 0.5) is 11.4 Å². The average molecular weight is 393 g/mol. The average Bonchev–Trinajstić information content (AvgIpc) is 2.89. The van der Waals surface area contributed by atoms with Crippen molar-refractivity contribution in [3.05, 3.63) is 64.8 Å². The smallest absolute Gasteiger partial charge is 0.263 e. The third-order valence-electron chi connectivity index (χ3n) is 3.80. The zero-order valence-corrected chi connectivity index (χ0v) is 15.1. The molecular weight excluding hydrogens is 376 g/mol. The van der Waals surface area contributed by atoms with Gasteiger partial charge in [-0.1, -0.05) is 24.8 Å². The summed E-state index contributed by atoms with van der Waals surface area (Å²) in [5.41, 5.74) is 3.48. The number of hydrogen-bond donors (Lipinski definition) is 1. The zero-order chi connectivity index (χ0) is 16.6. The highest BCUT2D eigenvalue weighted by molar-refractivity contribution is 9.10. The molecule has 1 N–H and O–H groups in total. The number of benzene rings is 2. The van der Waals surface area contributed by atoms with E-state index in [9.17, 15) is 8.42 Å². The minimum absolute atomic E-state index is 0.230. The number of allylic oxidation sites excluding steroid dienone is 1. The van der Waals surface area contributed by atoms with Crippen molar-refractivity contribution < 1.29 is 8.42 Å². The molecule has 1 aliphatic heterocycles. The monoisotopic (exact) mass is 392 g/mol. The van der Waals surface area contributed by atoms with E-state index < -0.39 is 10.0 Å². The van der Waals surface area contributed by atoms with Crippen LogP contribution in [-0.2, 0) is 16.4 Å². The number of nitrogens with one attached hydrogen (secondary N) is 1. The summed E-state index contributed by atoms with van der Waals surface area (Å²) in [6, 6.07) is 12.5. The topological polar surface area (TPSA) is 49.4 Å². The number of fused-ring (bicyclic) bond motifs is 1. The number of nitrogens with zero attached hydrogens (tertiary/aromatic N) is 1. The first-order chi connectivity index (χ1) is 10.9. The number of sulfonamides is 1. The summed E-state index contributed by atoms with van der Waals surface area (Å²) in [5, 5.41) is 0. The molecule has 2 aromatic rings. The molecule has 0 unspecified atom stereocenters. The molecule has 0 saturated carbocycles. The maximum atomic E-state index is 12.7. The van der Waals surface area contributed by atoms with Gasteiger partial charge in [-0.2, -0.15) is 0 Å². The highest BCUT2D eigenvalue weighted by atomic mass is 79.9. The Hall–Kier alpha value is -1.79. The first kappa shape index (κ1) is 16.1. The van der Waals surface area contributed by atoms with E-state index in [1.807, 2.05) is 24.0 Å². The quantitative estimate of drug-likeness (QED) is 0.849. The number of halogens is 1. The van der Waals surface area contributed by atoms with Crippen molar-refractivity contribution >= 4 is 37.3 Å². The Bertz CT molecular complexity index is 864. The highest BCUT2D eigenvalue weighted by Crippen LogP contribution is 2.37. The molecule has 23 heavy (non-hydrogen) atoms. The maximum absolute atomic E-state index is 12.7. The second-order valence-electron chi connectivity index (χ2n) is 5.52. The van der Waals surface area contributed by atoms with E-state index in [4.69, 9.17) is 0 Å². The van der Waals surface area contributed by atoms with E-state index in [1.54, 1.807) is 30.3 Å². The predicted molar refractivity (Wildman–Crippen MR) is 97.3 cm³/mol. The molecule has 120 valence electrons. The molecule has 0 amide bonds. The van der Waals surface area contributed by atoms with Gasteiger partial charge >= 0.3 is 0 Å². The SMILES string of the molecule is C=C(C)N1CCc2cc(Br)c(S(=O)(=O)Nc3ccccc3)cc21. The van der Waals surface area contributed by atoms with E-state index >= 15 is 0 Å². The van der Waals surface area contributed by atoms with Crippen LogP contribution < -0.4 is 9.62 Å². The lowest BCUT2D eigenvalue weighted by molar-refractivity contribution is 0.601. The van der Waals surface area contributed by atoms with Gasteiger partial charge in [-0.25, -0.2) is 8.42 Å². The van der Waals surface area contributed by atoms with Gasteiger partial charge in [-0.3, -0.25) is 4.72 Å². The van der Waals surface area contributed by atoms with Crippen LogP contribution in [0.15, 0.2) is 64.1 Å². The summed E-state index contributed by atoms with van der Waals surface area (Å²) in [4.78, 5) is 2.27. The van der Waals surface area contributed by atoms with Gasteiger partial charge in [0.25, 0.3) is 10.0 Å². The summed E-state index contributed by atoms with van der Waals surface area (Å²) < 4.78 is 28.6. The van der Waals surface area contributed by atoms with E-state index in [1.165, 1.54) is 0 Å². The summed E-state index contributed by atoms with van der Waals surface area (Å²) in [5.74, 6) is 0. The van der Waals surface area contributed by atoms with E-state index in [2.05, 4.69) is 27.2 Å². The van der Waals surface area contributed by atoms with Gasteiger partial charge in [-0.05, 0) is 59.1 Å². The first-order valence-electron chi connectivity index (χ1n) is 7.22. The fourth-order valence-corrected chi connectivity index (χ4v) is 4.88. The number of anilines is 2. The molecule has 1 heterocycles. The Morgan fingerprint density at radius 2 is 1.96 bits per heavy atom. The van der Waals surface area contributed by atoms with Crippen LogP contribution in [0, 0.1) is 0 Å². The van der Waals surface area contributed by atoms with Crippen molar-refractivity contribution in [1.82, 2.24) is 0 Å². The standard InChI is InChI=1S/C17H17BrN2O2S/c1-12(2)20-9-8-13-10-15(18)17(11-16(13)20)23(21,22)19-14-6-4-3-5-7-14/h3-7,10-11,19H,1,8-9H2,2H3. The minimum atomic E-state index is -3.67. The Balaban J connectivity index is 2.03. The van der Waals surface area contributed by atoms with Gasteiger partial charge in [0, 0.05) is 28.1 Å². The largest absolute Gasteiger partial charge is 0.345 e. The van der Waals surface area contributed by atoms with Crippen LogP contribution in [-0.4, -0.2) is 15.0 Å². The summed E-state index contributed by atoms with van der Waals surface area (Å²) >= 11 is 3.40. The molecule has 0 spiro atoms. The normalized spacial score (nSPS) is 13.7. The molecule has 2 aromatic carbocycles. The van der Waals surface area contributed by atoms with Crippen LogP contribution in [0.25, 0.3) is 0 Å². The molecule has 0 fully saturated rings. The predicted octanol–water partition coefficient (Wildman–Crippen LogP) is 4.15. The third kappa shape index (κ3) is 3.14. The fourth-order valence-electron chi connectivity index (χ4n) is 2.71. The maximum Gasteiger partial charge on any atom is 0.263 e. The van der Waals surface area contributed by atoms with Gasteiger partial charge in [0.15, 0.2) is 0 Å². The van der Waals surface area contributed by atoms with E-state index in [-0.39, 0.29) is 4.90 Å². The van der Waals surface area contributed by atoms with Crippen molar-refractivity contribution in [2.45, 2.75) is 18.2 Å². The molecule has 0 saturated heterocycles. The van der Waals surface area contributed by atoms with Crippen molar-refractivity contribution in [2.24, 2.45) is 0 Å². The fraction of sp³-hybridized carbons (Fsp3) is 0.176. The molecule has 1 aliphatic rings. The summed E-state index contributed by atoms with van der Waals surface area (Å²) in [7, 11) is -3.67. The second-order valence-corrected chi connectivity index (χ2v) is 8.02. The van der Waals surface area contributed by atoms with E-state index in [0.29, 0.717) is 10.2 Å². The molecule has 0 aromatic heterocycles. The van der Waals surface area contributed by atoms with Gasteiger partial charge < -0.3 is 4.90 Å². The van der Waals surface area contributed by atoms with Crippen LogP contribution in [0.1, 0.15) is 12.5 Å². The summed E-state index contributed by atoms with van der Waals surface area (Å²) in [6.07, 6.45) is 0.882. The lowest BCUT2D eigenvalue weighted by Crippen LogP contribution is -2.18. The molecular formula is C17H17BrN2O2S. The van der Waals surface area contributed by atoms with Crippen molar-refractivity contribution in [1.29, 1.82) is 0 Å². The van der Waals surface area contributed by atoms with Crippen LogP contribution in [0.5, 0.6) is 0 Å².